The standard InChI is InChI=1S/C16H27N3O2/c1-13(2)21-12-15-7-5-6-14(10-15)11-19-16(17-3)18-8-9-20-4/h5-7,10,13H,8-9,11-12H2,1-4H3,(H2,17,18,19). The summed E-state index contributed by atoms with van der Waals surface area (Å²) in [7, 11) is 3.44. The molecule has 0 saturated heterocycles. The van der Waals surface area contributed by atoms with Crippen LogP contribution >= 0.6 is 0 Å². The van der Waals surface area contributed by atoms with Gasteiger partial charge in [0.2, 0.25) is 0 Å². The molecule has 2 N–H and O–H groups in total. The Morgan fingerprint density at radius 2 is 2.00 bits per heavy atom. The van der Waals surface area contributed by atoms with Gasteiger partial charge in [0.25, 0.3) is 0 Å². The monoisotopic (exact) mass is 293 g/mol. The Labute approximate surface area is 127 Å². The van der Waals surface area contributed by atoms with E-state index in [0.29, 0.717) is 13.2 Å². The van der Waals surface area contributed by atoms with Crippen molar-refractivity contribution in [2.24, 2.45) is 4.99 Å². The molecular weight excluding hydrogens is 266 g/mol. The van der Waals surface area contributed by atoms with E-state index in [2.05, 4.69) is 39.9 Å². The van der Waals surface area contributed by atoms with Gasteiger partial charge in [0, 0.05) is 27.2 Å². The lowest BCUT2D eigenvalue weighted by molar-refractivity contribution is 0.0657. The molecule has 0 heterocycles. The number of guanidine groups is 1. The Morgan fingerprint density at radius 3 is 2.67 bits per heavy atom. The van der Waals surface area contributed by atoms with Gasteiger partial charge in [0.1, 0.15) is 0 Å². The molecule has 0 radical (unpaired) electrons. The lowest BCUT2D eigenvalue weighted by Crippen LogP contribution is -2.38. The lowest BCUT2D eigenvalue weighted by Gasteiger charge is -2.12. The maximum Gasteiger partial charge on any atom is 0.191 e. The summed E-state index contributed by atoms with van der Waals surface area (Å²) in [5, 5.41) is 6.46. The van der Waals surface area contributed by atoms with Crippen LogP contribution in [0.2, 0.25) is 0 Å². The second kappa shape index (κ2) is 10.2. The topological polar surface area (TPSA) is 54.9 Å². The first kappa shape index (κ1) is 17.5. The maximum absolute atomic E-state index is 5.62. The number of ether oxygens (including phenoxy) is 2. The highest BCUT2D eigenvalue weighted by atomic mass is 16.5. The molecule has 0 atom stereocenters. The zero-order chi connectivity index (χ0) is 15.5. The van der Waals surface area contributed by atoms with Crippen molar-refractivity contribution in [3.63, 3.8) is 0 Å². The summed E-state index contributed by atoms with van der Waals surface area (Å²) in [6.45, 7) is 6.85. The third-order valence-electron chi connectivity index (χ3n) is 2.86. The van der Waals surface area contributed by atoms with E-state index in [0.717, 1.165) is 19.0 Å². The van der Waals surface area contributed by atoms with E-state index in [4.69, 9.17) is 9.47 Å². The van der Waals surface area contributed by atoms with Crippen molar-refractivity contribution in [2.75, 3.05) is 27.3 Å². The average molecular weight is 293 g/mol. The first-order valence-electron chi connectivity index (χ1n) is 7.28. The van der Waals surface area contributed by atoms with Crippen molar-refractivity contribution in [1.29, 1.82) is 0 Å². The second-order valence-corrected chi connectivity index (χ2v) is 5.03. The summed E-state index contributed by atoms with van der Waals surface area (Å²) >= 11 is 0. The molecular formula is C16H27N3O2. The van der Waals surface area contributed by atoms with Crippen LogP contribution in [0.25, 0.3) is 0 Å². The summed E-state index contributed by atoms with van der Waals surface area (Å²) in [4.78, 5) is 4.17. The quantitative estimate of drug-likeness (QED) is 0.437. The number of rotatable bonds is 8. The minimum atomic E-state index is 0.246. The number of nitrogens with zero attached hydrogens (tertiary/aromatic N) is 1. The summed E-state index contributed by atoms with van der Waals surface area (Å²) in [5.74, 6) is 0.774. The predicted molar refractivity (Wildman–Crippen MR) is 86.4 cm³/mol. The van der Waals surface area contributed by atoms with Crippen molar-refractivity contribution >= 4 is 5.96 Å². The number of nitrogens with one attached hydrogen (secondary N) is 2. The molecule has 5 heteroatoms. The largest absolute Gasteiger partial charge is 0.383 e. The fourth-order valence-corrected chi connectivity index (χ4v) is 1.77. The molecule has 0 aromatic heterocycles. The van der Waals surface area contributed by atoms with Gasteiger partial charge < -0.3 is 20.1 Å². The first-order valence-corrected chi connectivity index (χ1v) is 7.28. The molecule has 0 spiro atoms. The van der Waals surface area contributed by atoms with Crippen LogP contribution in [0, 0.1) is 0 Å². The zero-order valence-electron chi connectivity index (χ0n) is 13.5. The Bertz CT molecular complexity index is 433. The molecule has 118 valence electrons. The van der Waals surface area contributed by atoms with Gasteiger partial charge in [-0.2, -0.15) is 0 Å². The Morgan fingerprint density at radius 1 is 1.24 bits per heavy atom. The van der Waals surface area contributed by atoms with E-state index in [-0.39, 0.29) is 6.10 Å². The zero-order valence-corrected chi connectivity index (χ0v) is 13.5. The fraction of sp³-hybridized carbons (Fsp3) is 0.562. The van der Waals surface area contributed by atoms with Gasteiger partial charge in [0.15, 0.2) is 5.96 Å². The molecule has 0 bridgehead atoms. The normalized spacial score (nSPS) is 11.8. The minimum absolute atomic E-state index is 0.246. The van der Waals surface area contributed by atoms with E-state index in [1.165, 1.54) is 11.1 Å². The third kappa shape index (κ3) is 7.68. The second-order valence-electron chi connectivity index (χ2n) is 5.03. The Hall–Kier alpha value is -1.59. The Kier molecular flexibility index (Phi) is 8.47. The molecule has 0 amide bonds. The van der Waals surface area contributed by atoms with Crippen LogP contribution in [0.3, 0.4) is 0 Å². The van der Waals surface area contributed by atoms with Crippen molar-refractivity contribution in [3.8, 4) is 0 Å². The number of aliphatic imine (C=N–C) groups is 1. The molecule has 1 rings (SSSR count). The van der Waals surface area contributed by atoms with Gasteiger partial charge in [-0.25, -0.2) is 0 Å². The van der Waals surface area contributed by atoms with Crippen LogP contribution in [0.1, 0.15) is 25.0 Å². The van der Waals surface area contributed by atoms with Crippen molar-refractivity contribution < 1.29 is 9.47 Å². The highest BCUT2D eigenvalue weighted by Crippen LogP contribution is 2.07. The van der Waals surface area contributed by atoms with Crippen molar-refractivity contribution in [1.82, 2.24) is 10.6 Å². The molecule has 0 saturated carbocycles. The smallest absolute Gasteiger partial charge is 0.191 e. The SMILES string of the molecule is CN=C(NCCOC)NCc1cccc(COC(C)C)c1. The number of hydrogen-bond donors (Lipinski definition) is 2. The van der Waals surface area contributed by atoms with Crippen LogP contribution in [0.4, 0.5) is 0 Å². The predicted octanol–water partition coefficient (Wildman–Crippen LogP) is 1.92. The number of hydrogen-bond acceptors (Lipinski definition) is 3. The average Bonchev–Trinajstić information content (AvgIpc) is 2.49. The highest BCUT2D eigenvalue weighted by Gasteiger charge is 2.00. The molecule has 5 nitrogen and oxygen atoms in total. The molecule has 21 heavy (non-hydrogen) atoms. The van der Waals surface area contributed by atoms with E-state index < -0.39 is 0 Å². The molecule has 0 unspecified atom stereocenters. The van der Waals surface area contributed by atoms with Gasteiger partial charge in [-0.05, 0) is 25.0 Å². The van der Waals surface area contributed by atoms with Gasteiger partial charge in [-0.3, -0.25) is 4.99 Å². The van der Waals surface area contributed by atoms with Crippen LogP contribution < -0.4 is 10.6 Å². The number of methoxy groups -OCH3 is 1. The summed E-state index contributed by atoms with van der Waals surface area (Å²) < 4.78 is 10.6. The van der Waals surface area contributed by atoms with Gasteiger partial charge in [-0.15, -0.1) is 0 Å². The summed E-state index contributed by atoms with van der Waals surface area (Å²) in [6, 6.07) is 8.38. The molecule has 1 aromatic carbocycles. The van der Waals surface area contributed by atoms with Crippen molar-refractivity contribution in [3.05, 3.63) is 35.4 Å². The maximum atomic E-state index is 5.62. The van der Waals surface area contributed by atoms with Crippen LogP contribution in [-0.4, -0.2) is 39.4 Å². The Balaban J connectivity index is 2.45. The summed E-state index contributed by atoms with van der Waals surface area (Å²) in [6.07, 6.45) is 0.246. The van der Waals surface area contributed by atoms with E-state index in [1.807, 2.05) is 13.8 Å². The van der Waals surface area contributed by atoms with E-state index in [1.54, 1.807) is 14.2 Å². The lowest BCUT2D eigenvalue weighted by atomic mass is 10.1. The van der Waals surface area contributed by atoms with Crippen molar-refractivity contribution in [2.45, 2.75) is 33.1 Å². The molecule has 1 aromatic rings. The molecule has 0 aliphatic carbocycles. The van der Waals surface area contributed by atoms with Crippen LogP contribution in [0.5, 0.6) is 0 Å². The highest BCUT2D eigenvalue weighted by molar-refractivity contribution is 5.79. The molecule has 0 fully saturated rings. The van der Waals surface area contributed by atoms with Gasteiger partial charge in [-0.1, -0.05) is 24.3 Å². The van der Waals surface area contributed by atoms with Crippen LogP contribution in [-0.2, 0) is 22.6 Å². The first-order chi connectivity index (χ1) is 10.2. The van der Waals surface area contributed by atoms with E-state index >= 15 is 0 Å². The van der Waals surface area contributed by atoms with Gasteiger partial charge in [0.05, 0.1) is 19.3 Å². The minimum Gasteiger partial charge on any atom is -0.383 e. The molecule has 0 aliphatic rings. The number of benzene rings is 1. The fourth-order valence-electron chi connectivity index (χ4n) is 1.77. The third-order valence-corrected chi connectivity index (χ3v) is 2.86. The van der Waals surface area contributed by atoms with E-state index in [9.17, 15) is 0 Å². The summed E-state index contributed by atoms with van der Waals surface area (Å²) in [5.41, 5.74) is 2.39. The molecule has 0 aliphatic heterocycles. The van der Waals surface area contributed by atoms with Crippen LogP contribution in [0.15, 0.2) is 29.3 Å². The van der Waals surface area contributed by atoms with Gasteiger partial charge >= 0.3 is 0 Å².